The summed E-state index contributed by atoms with van der Waals surface area (Å²) in [6.07, 6.45) is 0. The Morgan fingerprint density at radius 2 is 0.889 bits per heavy atom. The van der Waals surface area contributed by atoms with Gasteiger partial charge in [0.2, 0.25) is 0 Å². The minimum absolute atomic E-state index is 0. The fourth-order valence-corrected chi connectivity index (χ4v) is 0. The van der Waals surface area contributed by atoms with Crippen LogP contribution in [-0.4, -0.2) is 10.4 Å². The molecular weight excluding hydrogens is 226 g/mol. The first-order valence-corrected chi connectivity index (χ1v) is 0.765. The van der Waals surface area contributed by atoms with Gasteiger partial charge < -0.3 is 22.7 Å². The quantitative estimate of drug-likeness (QED) is 0.272. The third kappa shape index (κ3) is 561. The van der Waals surface area contributed by atoms with Crippen LogP contribution in [0.2, 0.25) is 0 Å². The largest absolute Gasteiger partial charge is 2.00 e. The first-order chi connectivity index (χ1) is 2.83. The van der Waals surface area contributed by atoms with Gasteiger partial charge in [-0.15, -0.1) is 9.81 Å². The second-order valence-corrected chi connectivity index (χ2v) is 0.163. The Labute approximate surface area is 64.3 Å². The van der Waals surface area contributed by atoms with Gasteiger partial charge in [0.1, 0.15) is 0 Å². The van der Waals surface area contributed by atoms with E-state index >= 15 is 0 Å². The fraction of sp³-hybridized carbons (Fsp3) is 0. The molecule has 9 heteroatoms. The van der Waals surface area contributed by atoms with E-state index in [0.717, 1.165) is 0 Å². The predicted molar refractivity (Wildman–Crippen MR) is 25.2 cm³/mol. The molecule has 8 N–H and O–H groups in total. The summed E-state index contributed by atoms with van der Waals surface area (Å²) in [5, 5.41) is 15.8. The Kier molecular flexibility index (Phi) is 698. The molecule has 0 amide bonds. The van der Waals surface area contributed by atoms with Crippen LogP contribution in [0.4, 0.5) is 0 Å². The number of hydrogen-bond donors (Lipinski definition) is 4. The summed E-state index contributed by atoms with van der Waals surface area (Å²) in [5.41, 5.74) is 0. The van der Waals surface area contributed by atoms with Crippen molar-refractivity contribution in [2.24, 2.45) is 10.7 Å². The molecule has 0 aromatic carbocycles. The zero-order valence-electron chi connectivity index (χ0n) is 4.34. The van der Waals surface area contributed by atoms with Crippen LogP contribution in [0.5, 0.6) is 0 Å². The van der Waals surface area contributed by atoms with Gasteiger partial charge in [0.15, 0.2) is 10.7 Å². The minimum atomic E-state index is 0. The van der Waals surface area contributed by atoms with Gasteiger partial charge in [0.25, 0.3) is 0 Å². The molecule has 0 aromatic heterocycles. The van der Waals surface area contributed by atoms with Crippen LogP contribution in [0.25, 0.3) is 0 Å². The average molecular weight is 235 g/mol. The van der Waals surface area contributed by atoms with Gasteiger partial charge in [-0.2, -0.15) is 0 Å². The monoisotopic (exact) mass is 234 g/mol. The molecule has 0 saturated carbocycles. The summed E-state index contributed by atoms with van der Waals surface area (Å²) in [4.78, 5) is 16.2. The Bertz CT molecular complexity index is 33.5. The molecule has 0 aliphatic heterocycles. The molecule has 60 valence electrons. The van der Waals surface area contributed by atoms with Crippen LogP contribution in [0.1, 0.15) is 0 Å². The molecule has 0 bridgehead atoms. The van der Waals surface area contributed by atoms with Crippen LogP contribution in [0.15, 0.2) is 10.7 Å². The molecule has 0 heterocycles. The summed E-state index contributed by atoms with van der Waals surface area (Å²) < 4.78 is 0. The van der Waals surface area contributed by atoms with Crippen LogP contribution >= 0.6 is 0 Å². The van der Waals surface area contributed by atoms with Crippen molar-refractivity contribution in [2.75, 3.05) is 0 Å². The number of hydrogen-bond acceptors (Lipinski definition) is 6. The SMILES string of the molecule is N.N.O=NO.O=NO.[Pd+2]. The van der Waals surface area contributed by atoms with E-state index in [-0.39, 0.29) is 32.7 Å². The summed E-state index contributed by atoms with van der Waals surface area (Å²) in [6.45, 7) is 0. The van der Waals surface area contributed by atoms with Crippen molar-refractivity contribution in [3.8, 4) is 0 Å². The maximum atomic E-state index is 8.11. The Morgan fingerprint density at radius 1 is 0.889 bits per heavy atom. The van der Waals surface area contributed by atoms with Gasteiger partial charge in [0, 0.05) is 0 Å². The normalized spacial score (nSPS) is 2.67. The molecule has 0 aliphatic rings. The fourth-order valence-electron chi connectivity index (χ4n) is 0. The molecule has 0 aliphatic carbocycles. The van der Waals surface area contributed by atoms with Crippen molar-refractivity contribution in [3.63, 3.8) is 0 Å². The van der Waals surface area contributed by atoms with Crippen molar-refractivity contribution in [1.29, 1.82) is 0 Å². The maximum absolute atomic E-state index is 8.11. The van der Waals surface area contributed by atoms with E-state index in [0.29, 0.717) is 0 Å². The van der Waals surface area contributed by atoms with Crippen molar-refractivity contribution < 1.29 is 30.8 Å². The van der Waals surface area contributed by atoms with Gasteiger partial charge in [-0.25, -0.2) is 0 Å². The Balaban J connectivity index is -0.00000000889. The summed E-state index contributed by atoms with van der Waals surface area (Å²) >= 11 is 0. The van der Waals surface area contributed by atoms with E-state index in [1.165, 1.54) is 10.7 Å². The van der Waals surface area contributed by atoms with E-state index in [1.807, 2.05) is 0 Å². The first kappa shape index (κ1) is 39.9. The Morgan fingerprint density at radius 3 is 0.889 bits per heavy atom. The first-order valence-electron chi connectivity index (χ1n) is 0.765. The van der Waals surface area contributed by atoms with Crippen molar-refractivity contribution in [3.05, 3.63) is 9.81 Å². The summed E-state index contributed by atoms with van der Waals surface area (Å²) in [7, 11) is 0. The van der Waals surface area contributed by atoms with E-state index in [1.54, 1.807) is 0 Å². The third-order valence-corrected chi connectivity index (χ3v) is 0. The molecular formula is H8N4O4Pd+2. The van der Waals surface area contributed by atoms with Crippen LogP contribution in [0.3, 0.4) is 0 Å². The zero-order valence-corrected chi connectivity index (χ0v) is 5.89. The summed E-state index contributed by atoms with van der Waals surface area (Å²) in [6, 6.07) is 0. The second-order valence-electron chi connectivity index (χ2n) is 0.163. The van der Waals surface area contributed by atoms with Crippen LogP contribution in [0, 0.1) is 9.81 Å². The molecule has 0 fully saturated rings. The van der Waals surface area contributed by atoms with E-state index < -0.39 is 0 Å². The van der Waals surface area contributed by atoms with Gasteiger partial charge in [-0.05, 0) is 0 Å². The second kappa shape index (κ2) is 157. The standard InChI is InChI=1S/2HNO2.2H3N.Pd/c2*2-1-3;;;/h2*(H,2,3);2*1H3;/q;;;;+2. The molecule has 9 heavy (non-hydrogen) atoms. The van der Waals surface area contributed by atoms with Crippen molar-refractivity contribution >= 4 is 0 Å². The average Bonchev–Trinajstić information content (AvgIpc) is 1.39. The van der Waals surface area contributed by atoms with E-state index in [9.17, 15) is 0 Å². The topological polar surface area (TPSA) is 169 Å². The van der Waals surface area contributed by atoms with Crippen LogP contribution < -0.4 is 12.3 Å². The molecule has 0 rings (SSSR count). The molecule has 0 radical (unpaired) electrons. The molecule has 0 atom stereocenters. The van der Waals surface area contributed by atoms with Gasteiger partial charge in [0.05, 0.1) is 0 Å². The van der Waals surface area contributed by atoms with Gasteiger partial charge in [-0.1, -0.05) is 0 Å². The van der Waals surface area contributed by atoms with Gasteiger partial charge >= 0.3 is 20.4 Å². The smallest absolute Gasteiger partial charge is 0.379 e. The van der Waals surface area contributed by atoms with Crippen molar-refractivity contribution in [2.45, 2.75) is 0 Å². The number of nitrogens with zero attached hydrogens (tertiary/aromatic N) is 2. The van der Waals surface area contributed by atoms with E-state index in [2.05, 4.69) is 0 Å². The molecule has 0 unspecified atom stereocenters. The minimum Gasteiger partial charge on any atom is -0.379 e. The molecule has 0 aromatic rings. The number of rotatable bonds is 0. The Hall–Kier alpha value is -0.618. The maximum Gasteiger partial charge on any atom is 2.00 e. The molecule has 8 nitrogen and oxygen atoms in total. The summed E-state index contributed by atoms with van der Waals surface area (Å²) in [5.74, 6) is 0. The van der Waals surface area contributed by atoms with Crippen LogP contribution in [-0.2, 0) is 20.4 Å². The van der Waals surface area contributed by atoms with Crippen molar-refractivity contribution in [1.82, 2.24) is 12.3 Å². The van der Waals surface area contributed by atoms with E-state index in [4.69, 9.17) is 20.2 Å². The molecule has 0 saturated heterocycles. The van der Waals surface area contributed by atoms with Gasteiger partial charge in [-0.3, -0.25) is 0 Å². The third-order valence-electron chi connectivity index (χ3n) is 0. The predicted octanol–water partition coefficient (Wildman–Crippen LogP) is 0.605. The zero-order chi connectivity index (χ0) is 5.41. The molecule has 0 spiro atoms.